The highest BCUT2D eigenvalue weighted by atomic mass is 16.5. The number of hydrogen-bond donors (Lipinski definition) is 2. The number of nitrogens with one attached hydrogen (secondary N) is 1. The third-order valence-corrected chi connectivity index (χ3v) is 3.35. The Labute approximate surface area is 125 Å². The molecule has 0 fully saturated rings. The summed E-state index contributed by atoms with van der Waals surface area (Å²) >= 11 is 0. The van der Waals surface area contributed by atoms with E-state index in [1.165, 1.54) is 21.3 Å². The first-order valence-electron chi connectivity index (χ1n) is 6.77. The van der Waals surface area contributed by atoms with Gasteiger partial charge in [0.05, 0.1) is 26.9 Å². The maximum atomic E-state index is 11.6. The Kier molecular flexibility index (Phi) is 6.30. The van der Waals surface area contributed by atoms with Gasteiger partial charge in [0, 0.05) is 18.2 Å². The third-order valence-electron chi connectivity index (χ3n) is 3.35. The fourth-order valence-electron chi connectivity index (χ4n) is 2.00. The van der Waals surface area contributed by atoms with Gasteiger partial charge in [-0.3, -0.25) is 10.1 Å². The molecular formula is C15H23NO5. The minimum Gasteiger partial charge on any atom is -0.496 e. The fourth-order valence-corrected chi connectivity index (χ4v) is 2.00. The molecule has 0 bridgehead atoms. The molecule has 0 aliphatic rings. The molecule has 0 saturated carbocycles. The van der Waals surface area contributed by atoms with Gasteiger partial charge in [-0.25, -0.2) is 0 Å². The molecule has 0 spiro atoms. The molecule has 0 saturated heterocycles. The summed E-state index contributed by atoms with van der Waals surface area (Å²) in [7, 11) is 4.50. The Hall–Kier alpha value is -1.95. The first-order valence-corrected chi connectivity index (χ1v) is 6.77. The summed E-state index contributed by atoms with van der Waals surface area (Å²) in [4.78, 5) is 11.6. The summed E-state index contributed by atoms with van der Waals surface area (Å²) in [5.41, 5.74) is 0.452. The predicted octanol–water partition coefficient (Wildman–Crippen LogP) is 2.23. The van der Waals surface area contributed by atoms with Crippen molar-refractivity contribution in [3.05, 3.63) is 17.7 Å². The van der Waals surface area contributed by atoms with E-state index in [4.69, 9.17) is 14.2 Å². The van der Waals surface area contributed by atoms with Gasteiger partial charge in [0.15, 0.2) is 0 Å². The van der Waals surface area contributed by atoms with Gasteiger partial charge in [0.1, 0.15) is 23.3 Å². The average molecular weight is 297 g/mol. The molecule has 0 radical (unpaired) electrons. The molecule has 1 aromatic carbocycles. The number of carbonyl (C=O) groups is 1. The van der Waals surface area contributed by atoms with Gasteiger partial charge in [0.2, 0.25) is 0 Å². The van der Waals surface area contributed by atoms with Crippen LogP contribution >= 0.6 is 0 Å². The molecule has 2 unspecified atom stereocenters. The molecule has 21 heavy (non-hydrogen) atoms. The molecule has 6 heteroatoms. The smallest absolute Gasteiger partial charge is 0.325 e. The lowest BCUT2D eigenvalue weighted by atomic mass is 10.0. The summed E-state index contributed by atoms with van der Waals surface area (Å²) in [6.45, 7) is 3.91. The highest BCUT2D eigenvalue weighted by Gasteiger charge is 2.29. The minimum atomic E-state index is -0.989. The average Bonchev–Trinajstić information content (AvgIpc) is 2.50. The van der Waals surface area contributed by atoms with E-state index in [0.29, 0.717) is 22.8 Å². The minimum absolute atomic E-state index is 0.0441. The van der Waals surface area contributed by atoms with Crippen LogP contribution in [-0.4, -0.2) is 38.4 Å². The van der Waals surface area contributed by atoms with Crippen LogP contribution in [0, 0.1) is 0 Å². The third kappa shape index (κ3) is 4.01. The molecule has 1 rings (SSSR count). The number of hydrogen-bond acceptors (Lipinski definition) is 5. The van der Waals surface area contributed by atoms with Crippen molar-refractivity contribution in [2.24, 2.45) is 0 Å². The lowest BCUT2D eigenvalue weighted by Crippen LogP contribution is -2.35. The highest BCUT2D eigenvalue weighted by molar-refractivity contribution is 5.78. The maximum Gasteiger partial charge on any atom is 0.325 e. The van der Waals surface area contributed by atoms with Crippen LogP contribution in [0.3, 0.4) is 0 Å². The van der Waals surface area contributed by atoms with Crippen molar-refractivity contribution in [1.82, 2.24) is 5.32 Å². The summed E-state index contributed by atoms with van der Waals surface area (Å²) in [5, 5.41) is 12.6. The fraction of sp³-hybridized carbons (Fsp3) is 0.533. The Morgan fingerprint density at radius 3 is 2.05 bits per heavy atom. The van der Waals surface area contributed by atoms with Crippen molar-refractivity contribution < 1.29 is 24.1 Å². The van der Waals surface area contributed by atoms with Crippen LogP contribution < -0.4 is 19.5 Å². The van der Waals surface area contributed by atoms with Crippen LogP contribution in [0.2, 0.25) is 0 Å². The molecular weight excluding hydrogens is 274 g/mol. The Morgan fingerprint density at radius 1 is 1.19 bits per heavy atom. The molecule has 0 heterocycles. The number of carboxylic acids is 1. The van der Waals surface area contributed by atoms with Gasteiger partial charge < -0.3 is 19.3 Å². The zero-order valence-corrected chi connectivity index (χ0v) is 13.1. The second kappa shape index (κ2) is 7.73. The van der Waals surface area contributed by atoms with Crippen LogP contribution in [0.25, 0.3) is 0 Å². The van der Waals surface area contributed by atoms with E-state index in [0.717, 1.165) is 6.42 Å². The number of methoxy groups -OCH3 is 3. The second-order valence-corrected chi connectivity index (χ2v) is 4.69. The first-order chi connectivity index (χ1) is 9.98. The van der Waals surface area contributed by atoms with Gasteiger partial charge in [-0.2, -0.15) is 0 Å². The normalized spacial score (nSPS) is 13.4. The largest absolute Gasteiger partial charge is 0.496 e. The Balaban J connectivity index is 3.37. The monoisotopic (exact) mass is 297 g/mol. The van der Waals surface area contributed by atoms with E-state index in [1.807, 2.05) is 13.8 Å². The van der Waals surface area contributed by atoms with Crippen LogP contribution in [-0.2, 0) is 4.79 Å². The molecule has 0 aliphatic heterocycles. The summed E-state index contributed by atoms with van der Waals surface area (Å²) < 4.78 is 15.8. The van der Waals surface area contributed by atoms with Gasteiger partial charge in [0.25, 0.3) is 0 Å². The van der Waals surface area contributed by atoms with Crippen LogP contribution in [0.1, 0.15) is 31.9 Å². The first kappa shape index (κ1) is 17.1. The van der Waals surface area contributed by atoms with Crippen molar-refractivity contribution in [3.63, 3.8) is 0 Å². The van der Waals surface area contributed by atoms with Crippen LogP contribution in [0.4, 0.5) is 0 Å². The summed E-state index contributed by atoms with van der Waals surface area (Å²) in [6, 6.07) is 2.41. The molecule has 2 N–H and O–H groups in total. The maximum absolute atomic E-state index is 11.6. The zero-order valence-electron chi connectivity index (χ0n) is 13.1. The number of ether oxygens (including phenoxy) is 3. The van der Waals surface area contributed by atoms with E-state index in [-0.39, 0.29) is 6.04 Å². The van der Waals surface area contributed by atoms with Crippen molar-refractivity contribution in [2.75, 3.05) is 21.3 Å². The van der Waals surface area contributed by atoms with E-state index < -0.39 is 12.0 Å². The molecule has 0 aliphatic carbocycles. The number of benzene rings is 1. The Bertz CT molecular complexity index is 464. The van der Waals surface area contributed by atoms with Gasteiger partial charge >= 0.3 is 5.97 Å². The van der Waals surface area contributed by atoms with Crippen molar-refractivity contribution >= 4 is 5.97 Å². The van der Waals surface area contributed by atoms with Gasteiger partial charge in [-0.15, -0.1) is 0 Å². The molecule has 118 valence electrons. The SMILES string of the molecule is CCC(C)NC(C(=O)O)c1c(OC)cc(OC)cc1OC. The van der Waals surface area contributed by atoms with E-state index >= 15 is 0 Å². The number of aliphatic carboxylic acids is 1. The molecule has 1 aromatic rings. The predicted molar refractivity (Wildman–Crippen MR) is 79.4 cm³/mol. The van der Waals surface area contributed by atoms with Crippen LogP contribution in [0.15, 0.2) is 12.1 Å². The molecule has 2 atom stereocenters. The van der Waals surface area contributed by atoms with Crippen LogP contribution in [0.5, 0.6) is 17.2 Å². The van der Waals surface area contributed by atoms with E-state index in [9.17, 15) is 9.90 Å². The molecule has 6 nitrogen and oxygen atoms in total. The van der Waals surface area contributed by atoms with E-state index in [1.54, 1.807) is 12.1 Å². The number of rotatable bonds is 8. The number of carboxylic acid groups (broad SMARTS) is 1. The van der Waals surface area contributed by atoms with Crippen molar-refractivity contribution in [3.8, 4) is 17.2 Å². The summed E-state index contributed by atoms with van der Waals surface area (Å²) in [5.74, 6) is 0.376. The lowest BCUT2D eigenvalue weighted by Gasteiger charge is -2.23. The van der Waals surface area contributed by atoms with Crippen molar-refractivity contribution in [2.45, 2.75) is 32.4 Å². The Morgan fingerprint density at radius 2 is 1.71 bits per heavy atom. The quantitative estimate of drug-likeness (QED) is 0.766. The topological polar surface area (TPSA) is 77.0 Å². The van der Waals surface area contributed by atoms with Gasteiger partial charge in [-0.1, -0.05) is 6.92 Å². The molecule has 0 amide bonds. The van der Waals surface area contributed by atoms with E-state index in [2.05, 4.69) is 5.32 Å². The lowest BCUT2D eigenvalue weighted by molar-refractivity contribution is -0.140. The van der Waals surface area contributed by atoms with Gasteiger partial charge in [-0.05, 0) is 13.3 Å². The second-order valence-electron chi connectivity index (χ2n) is 4.69. The summed E-state index contributed by atoms with van der Waals surface area (Å²) in [6.07, 6.45) is 0.810. The zero-order chi connectivity index (χ0) is 16.0. The molecule has 0 aromatic heterocycles. The standard InChI is InChI=1S/C15H23NO5/c1-6-9(2)16-14(15(17)18)13-11(20-4)7-10(19-3)8-12(13)21-5/h7-9,14,16H,6H2,1-5H3,(H,17,18). The highest BCUT2D eigenvalue weighted by Crippen LogP contribution is 2.38. The van der Waals surface area contributed by atoms with Crippen molar-refractivity contribution in [1.29, 1.82) is 0 Å².